The predicted molar refractivity (Wildman–Crippen MR) is 161 cm³/mol. The van der Waals surface area contributed by atoms with Crippen molar-refractivity contribution in [3.8, 4) is 0 Å². The van der Waals surface area contributed by atoms with Gasteiger partial charge in [0.15, 0.2) is 10.8 Å². The van der Waals surface area contributed by atoms with Crippen molar-refractivity contribution in [3.05, 3.63) is 80.7 Å². The van der Waals surface area contributed by atoms with Gasteiger partial charge in [-0.1, -0.05) is 17.7 Å². The fourth-order valence-corrected chi connectivity index (χ4v) is 10.7. The van der Waals surface area contributed by atoms with Crippen molar-refractivity contribution in [2.24, 2.45) is 16.8 Å². The average molecular weight is 661 g/mol. The minimum absolute atomic E-state index is 0.102. The van der Waals surface area contributed by atoms with Crippen LogP contribution in [-0.4, -0.2) is 70.1 Å². The number of hydrogen-bond donors (Lipinski definition) is 3. The summed E-state index contributed by atoms with van der Waals surface area (Å²) in [4.78, 5) is 31.7. The van der Waals surface area contributed by atoms with E-state index in [9.17, 15) is 22.7 Å². The maximum atomic E-state index is 14.0. The van der Waals surface area contributed by atoms with Crippen molar-refractivity contribution < 1.29 is 27.4 Å². The number of benzene rings is 1. The highest BCUT2D eigenvalue weighted by molar-refractivity contribution is 7.90. The number of aromatic nitrogens is 3. The van der Waals surface area contributed by atoms with E-state index in [0.29, 0.717) is 53.6 Å². The molecular formula is C29H30ClFN6O5S2. The van der Waals surface area contributed by atoms with Crippen LogP contribution in [0.3, 0.4) is 0 Å². The number of aliphatic imine (C=N–C) groups is 1. The molecule has 2 bridgehead atoms. The number of ether oxygens (including phenoxy) is 1. The van der Waals surface area contributed by atoms with Crippen molar-refractivity contribution in [1.82, 2.24) is 24.6 Å². The van der Waals surface area contributed by atoms with Crippen molar-refractivity contribution in [1.29, 1.82) is 0 Å². The summed E-state index contributed by atoms with van der Waals surface area (Å²) in [7, 11) is -2.56. The summed E-state index contributed by atoms with van der Waals surface area (Å²) >= 11 is 7.81. The molecule has 2 aliphatic carbocycles. The summed E-state index contributed by atoms with van der Waals surface area (Å²) in [5, 5.41) is 13.2. The number of rotatable bonds is 7. The second-order valence-electron chi connectivity index (χ2n) is 11.8. The monoisotopic (exact) mass is 660 g/mol. The van der Waals surface area contributed by atoms with E-state index in [1.807, 2.05) is 4.90 Å². The van der Waals surface area contributed by atoms with Gasteiger partial charge in [-0.3, -0.25) is 4.99 Å². The first kappa shape index (κ1) is 29.5. The van der Waals surface area contributed by atoms with E-state index < -0.39 is 44.7 Å². The number of methoxy groups -OCH3 is 1. The van der Waals surface area contributed by atoms with Gasteiger partial charge in [-0.25, -0.2) is 32.3 Å². The topological polar surface area (TPSA) is 150 Å². The quantitative estimate of drug-likeness (QED) is 0.325. The standard InChI is InChI=1S/C29H30ClFN6O5S2/c1-42-27(38)22-21-11-18(36-44(40,41)24-15-2-3-16(24)13-29(39,12-15)28-33-6-7-34-28)14-37(21)25(26-32-8-9-43-26)35-23(22)19-5-4-17(31)10-20(19)30/h4-10,15-16,18,23-24,36,39H,2-3,11-14H2,1H3,(H,33,34)/t15?,16?,18?,23-,24?,29?/m0/s1. The zero-order chi connectivity index (χ0) is 30.8. The average Bonchev–Trinajstić information content (AvgIpc) is 3.79. The Bertz CT molecular complexity index is 1750. The number of sulfonamides is 1. The van der Waals surface area contributed by atoms with Crippen LogP contribution in [0.4, 0.5) is 4.39 Å². The number of imidazole rings is 1. The van der Waals surface area contributed by atoms with E-state index >= 15 is 0 Å². The number of nitrogens with zero attached hydrogens (tertiary/aromatic N) is 4. The predicted octanol–water partition coefficient (Wildman–Crippen LogP) is 3.66. The number of carbonyl (C=O) groups excluding carboxylic acids is 1. The highest BCUT2D eigenvalue weighted by Gasteiger charge is 2.56. The second-order valence-corrected chi connectivity index (χ2v) is 15.0. The summed E-state index contributed by atoms with van der Waals surface area (Å²) < 4.78 is 50.1. The Hall–Kier alpha value is -3.17. The third kappa shape index (κ3) is 4.96. The molecule has 11 nitrogen and oxygen atoms in total. The minimum atomic E-state index is -3.83. The van der Waals surface area contributed by atoms with Gasteiger partial charge >= 0.3 is 5.97 Å². The molecule has 3 aromatic rings. The van der Waals surface area contributed by atoms with Crippen LogP contribution in [0.15, 0.2) is 58.4 Å². The Kier molecular flexibility index (Phi) is 7.40. The van der Waals surface area contributed by atoms with Crippen LogP contribution in [-0.2, 0) is 25.2 Å². The van der Waals surface area contributed by atoms with E-state index in [2.05, 4.69) is 19.7 Å². The molecular weight excluding hydrogens is 631 g/mol. The Balaban J connectivity index is 1.21. The lowest BCUT2D eigenvalue weighted by Crippen LogP contribution is -2.51. The smallest absolute Gasteiger partial charge is 0.338 e. The normalized spacial score (nSPS) is 30.0. The Morgan fingerprint density at radius 3 is 2.66 bits per heavy atom. The molecule has 7 rings (SSSR count). The third-order valence-corrected chi connectivity index (χ3v) is 12.5. The van der Waals surface area contributed by atoms with Crippen LogP contribution < -0.4 is 4.72 Å². The molecule has 0 spiro atoms. The van der Waals surface area contributed by atoms with E-state index in [1.54, 1.807) is 24.0 Å². The van der Waals surface area contributed by atoms with Crippen molar-refractivity contribution in [2.75, 3.05) is 13.7 Å². The van der Waals surface area contributed by atoms with Gasteiger partial charge in [-0.2, -0.15) is 0 Å². The van der Waals surface area contributed by atoms with Gasteiger partial charge in [0.1, 0.15) is 23.3 Å². The number of aliphatic hydroxyl groups is 1. The van der Waals surface area contributed by atoms with Gasteiger partial charge in [0.05, 0.1) is 17.9 Å². The first-order valence-corrected chi connectivity index (χ1v) is 17.1. The number of fused-ring (bicyclic) bond motifs is 3. The van der Waals surface area contributed by atoms with E-state index in [1.165, 1.54) is 36.6 Å². The molecule has 232 valence electrons. The highest BCUT2D eigenvalue weighted by Crippen LogP contribution is 2.52. The van der Waals surface area contributed by atoms with Crippen LogP contribution in [0, 0.1) is 17.7 Å². The van der Waals surface area contributed by atoms with Crippen LogP contribution in [0.5, 0.6) is 0 Å². The molecule has 1 aromatic carbocycles. The zero-order valence-electron chi connectivity index (χ0n) is 23.6. The van der Waals surface area contributed by atoms with Gasteiger partial charge in [0.2, 0.25) is 10.0 Å². The van der Waals surface area contributed by atoms with Gasteiger partial charge in [0.25, 0.3) is 0 Å². The van der Waals surface area contributed by atoms with Gasteiger partial charge in [0, 0.05) is 59.3 Å². The number of nitrogens with one attached hydrogen (secondary N) is 2. The number of esters is 1. The molecule has 15 heteroatoms. The zero-order valence-corrected chi connectivity index (χ0v) is 26.0. The third-order valence-electron chi connectivity index (χ3n) is 9.21. The van der Waals surface area contributed by atoms with E-state index in [0.717, 1.165) is 0 Å². The van der Waals surface area contributed by atoms with Gasteiger partial charge in [-0.05, 0) is 49.7 Å². The van der Waals surface area contributed by atoms with Gasteiger partial charge in [-0.15, -0.1) is 11.3 Å². The first-order chi connectivity index (χ1) is 21.1. The summed E-state index contributed by atoms with van der Waals surface area (Å²) in [6.45, 7) is 0.218. The molecule has 4 atom stereocenters. The van der Waals surface area contributed by atoms with Crippen LogP contribution in [0.25, 0.3) is 0 Å². The first-order valence-electron chi connectivity index (χ1n) is 14.3. The van der Waals surface area contributed by atoms with Crippen LogP contribution in [0.1, 0.15) is 54.5 Å². The van der Waals surface area contributed by atoms with E-state index in [-0.39, 0.29) is 35.4 Å². The molecule has 3 unspecified atom stereocenters. The number of amidine groups is 1. The fourth-order valence-electron chi connectivity index (χ4n) is 7.55. The molecule has 2 aromatic heterocycles. The summed E-state index contributed by atoms with van der Waals surface area (Å²) in [6, 6.07) is 2.42. The number of hydrogen-bond acceptors (Lipinski definition) is 10. The molecule has 2 saturated carbocycles. The number of H-pyrrole nitrogens is 1. The molecule has 44 heavy (non-hydrogen) atoms. The maximum absolute atomic E-state index is 14.0. The summed E-state index contributed by atoms with van der Waals surface area (Å²) in [5.74, 6) is -0.681. The van der Waals surface area contributed by atoms with Crippen LogP contribution >= 0.6 is 22.9 Å². The van der Waals surface area contributed by atoms with Crippen molar-refractivity contribution in [2.45, 2.75) is 55.0 Å². The Morgan fingerprint density at radius 2 is 2.02 bits per heavy atom. The lowest BCUT2D eigenvalue weighted by molar-refractivity contribution is -0.136. The van der Waals surface area contributed by atoms with Crippen molar-refractivity contribution in [3.63, 3.8) is 0 Å². The second kappa shape index (κ2) is 11.0. The maximum Gasteiger partial charge on any atom is 0.338 e. The van der Waals surface area contributed by atoms with Crippen LogP contribution in [0.2, 0.25) is 5.02 Å². The Labute approximate surface area is 262 Å². The summed E-state index contributed by atoms with van der Waals surface area (Å²) in [5.41, 5.74) is -0.00887. The largest absolute Gasteiger partial charge is 0.466 e. The minimum Gasteiger partial charge on any atom is -0.466 e. The molecule has 4 heterocycles. The molecule has 3 N–H and O–H groups in total. The fraction of sp³-hybridized carbons (Fsp3) is 0.448. The molecule has 0 amide bonds. The van der Waals surface area contributed by atoms with E-state index in [4.69, 9.17) is 21.3 Å². The molecule has 2 aliphatic heterocycles. The van der Waals surface area contributed by atoms with Gasteiger partial charge < -0.3 is 19.7 Å². The van der Waals surface area contributed by atoms with Crippen molar-refractivity contribution >= 4 is 44.8 Å². The number of halogens is 2. The molecule has 0 radical (unpaired) electrons. The number of aromatic amines is 1. The Morgan fingerprint density at radius 1 is 1.25 bits per heavy atom. The molecule has 4 aliphatic rings. The number of carbonyl (C=O) groups is 1. The molecule has 3 fully saturated rings. The lowest BCUT2D eigenvalue weighted by Gasteiger charge is -2.40. The number of thiazole rings is 1. The highest BCUT2D eigenvalue weighted by atomic mass is 35.5. The summed E-state index contributed by atoms with van der Waals surface area (Å²) in [6.07, 6.45) is 7.09. The SMILES string of the molecule is COC(=O)C1=C2CC(NS(=O)(=O)C3C4CCC3CC(O)(c3ncc[nH]3)C4)CN2C(c2nccs2)=N[C@H]1c1ccc(F)cc1Cl. The lowest BCUT2D eigenvalue weighted by atomic mass is 9.76. The molecule has 1 saturated heterocycles.